The minimum absolute atomic E-state index is 0.0650. The van der Waals surface area contributed by atoms with Gasteiger partial charge in [0.15, 0.2) is 0 Å². The second-order valence-corrected chi connectivity index (χ2v) is 9.79. The predicted octanol–water partition coefficient (Wildman–Crippen LogP) is 4.33. The fraction of sp³-hybridized carbons (Fsp3) is 0.632. The quantitative estimate of drug-likeness (QED) is 0.227. The summed E-state index contributed by atoms with van der Waals surface area (Å²) < 4.78 is 37.7. The van der Waals surface area contributed by atoms with E-state index in [-0.39, 0.29) is 6.42 Å². The van der Waals surface area contributed by atoms with E-state index >= 15 is 0 Å². The molecule has 164 valence electrons. The third-order valence-corrected chi connectivity index (χ3v) is 5.31. The van der Waals surface area contributed by atoms with Crippen molar-refractivity contribution in [3.05, 3.63) is 24.3 Å². The Morgan fingerprint density at radius 3 is 2.14 bits per heavy atom. The van der Waals surface area contributed by atoms with Gasteiger partial charge in [-0.15, -0.1) is 0 Å². The van der Waals surface area contributed by atoms with Crippen LogP contribution in [0, 0.1) is 10.8 Å². The molecule has 0 aromatic rings. The van der Waals surface area contributed by atoms with Crippen LogP contribution < -0.4 is 0 Å². The molecule has 0 saturated carbocycles. The first-order valence-corrected chi connectivity index (χ1v) is 10.7. The van der Waals surface area contributed by atoms with Crippen LogP contribution in [0.3, 0.4) is 0 Å². The molecule has 1 aliphatic carbocycles. The fourth-order valence-corrected chi connectivity index (χ4v) is 2.86. The summed E-state index contributed by atoms with van der Waals surface area (Å²) >= 11 is 0. The topological polar surface area (TPSA) is 114 Å². The molecule has 1 aliphatic rings. The molecule has 0 heterocycles. The van der Waals surface area contributed by atoms with Gasteiger partial charge >= 0.3 is 25.2 Å². The molecule has 0 saturated heterocycles. The van der Waals surface area contributed by atoms with Crippen LogP contribution in [0.15, 0.2) is 24.3 Å². The smallest absolute Gasteiger partial charge is 0.444 e. The van der Waals surface area contributed by atoms with Gasteiger partial charge in [0, 0.05) is 11.8 Å². The zero-order valence-corrected chi connectivity index (χ0v) is 18.5. The second-order valence-electron chi connectivity index (χ2n) is 7.91. The standard InChI is InChI=1S/C19H29O9P/c1-7-15(20)24-12-26-29(23,27-13-25-16(21)18(2,3)4)17(22)28-14-10-8-9-11-19(14,5)6/h8-11,14H,7,12-13H2,1-6H3. The number of allylic oxidation sites excluding steroid dienone is 2. The summed E-state index contributed by atoms with van der Waals surface area (Å²) in [6.07, 6.45) is 6.27. The molecule has 10 heteroatoms. The Hall–Kier alpha value is -1.96. The third kappa shape index (κ3) is 7.76. The lowest BCUT2D eigenvalue weighted by atomic mass is 9.83. The Bertz CT molecular complexity index is 716. The number of rotatable bonds is 9. The van der Waals surface area contributed by atoms with Gasteiger partial charge in [0.2, 0.25) is 13.6 Å². The van der Waals surface area contributed by atoms with Crippen LogP contribution >= 0.6 is 7.60 Å². The van der Waals surface area contributed by atoms with E-state index in [2.05, 4.69) is 0 Å². The molecule has 0 amide bonds. The average molecular weight is 432 g/mol. The fourth-order valence-electron chi connectivity index (χ4n) is 1.95. The van der Waals surface area contributed by atoms with E-state index in [1.54, 1.807) is 45.9 Å². The highest BCUT2D eigenvalue weighted by Crippen LogP contribution is 2.51. The number of hydrogen-bond acceptors (Lipinski definition) is 9. The normalized spacial score (nSPS) is 19.9. The van der Waals surface area contributed by atoms with E-state index in [0.717, 1.165) is 0 Å². The van der Waals surface area contributed by atoms with Crippen molar-refractivity contribution in [2.75, 3.05) is 13.6 Å². The van der Waals surface area contributed by atoms with Gasteiger partial charge in [-0.3, -0.25) is 18.6 Å². The van der Waals surface area contributed by atoms with E-state index in [1.807, 2.05) is 19.9 Å². The molecule has 1 rings (SSSR count). The maximum atomic E-state index is 13.0. The van der Waals surface area contributed by atoms with Crippen LogP contribution in [0.1, 0.15) is 48.0 Å². The van der Waals surface area contributed by atoms with Crippen molar-refractivity contribution in [3.63, 3.8) is 0 Å². The third-order valence-electron chi connectivity index (χ3n) is 3.86. The van der Waals surface area contributed by atoms with Crippen molar-refractivity contribution in [3.8, 4) is 0 Å². The number of ether oxygens (including phenoxy) is 3. The second kappa shape index (κ2) is 10.2. The van der Waals surface area contributed by atoms with Gasteiger partial charge < -0.3 is 14.2 Å². The van der Waals surface area contributed by atoms with Crippen molar-refractivity contribution in [2.45, 2.75) is 54.1 Å². The summed E-state index contributed by atoms with van der Waals surface area (Å²) in [6.45, 7) is 8.49. The molecule has 2 atom stereocenters. The van der Waals surface area contributed by atoms with Crippen LogP contribution in [0.25, 0.3) is 0 Å². The number of esters is 2. The lowest BCUT2D eigenvalue weighted by Gasteiger charge is -2.31. The lowest BCUT2D eigenvalue weighted by Crippen LogP contribution is -2.32. The molecule has 2 unspecified atom stereocenters. The maximum Gasteiger partial charge on any atom is 0.444 e. The van der Waals surface area contributed by atoms with Gasteiger partial charge in [-0.05, 0) is 26.8 Å². The van der Waals surface area contributed by atoms with E-state index in [1.165, 1.54) is 0 Å². The molecule has 0 N–H and O–H groups in total. The van der Waals surface area contributed by atoms with Gasteiger partial charge in [-0.2, -0.15) is 0 Å². The highest BCUT2D eigenvalue weighted by Gasteiger charge is 2.42. The molecule has 0 aromatic heterocycles. The summed E-state index contributed by atoms with van der Waals surface area (Å²) in [4.78, 5) is 35.6. The zero-order chi connectivity index (χ0) is 22.3. The van der Waals surface area contributed by atoms with Gasteiger partial charge in [0.05, 0.1) is 5.41 Å². The summed E-state index contributed by atoms with van der Waals surface area (Å²) in [5.74, 6) is -1.25. The highest BCUT2D eigenvalue weighted by atomic mass is 31.2. The Balaban J connectivity index is 2.85. The van der Waals surface area contributed by atoms with Crippen molar-refractivity contribution < 1.29 is 42.2 Å². The average Bonchev–Trinajstić information content (AvgIpc) is 2.62. The molecule has 0 aromatic carbocycles. The molecule has 0 spiro atoms. The SMILES string of the molecule is CCC(=O)OCOP(=O)(OCOC(=O)C(C)(C)C)C(=O)OC1C=CC=CC1(C)C. The summed E-state index contributed by atoms with van der Waals surface area (Å²) in [6, 6.07) is 0. The number of carbonyl (C=O) groups is 3. The molecule has 29 heavy (non-hydrogen) atoms. The highest BCUT2D eigenvalue weighted by molar-refractivity contribution is 7.71. The van der Waals surface area contributed by atoms with Crippen molar-refractivity contribution >= 4 is 25.2 Å². The largest absolute Gasteiger partial charge is 0.448 e. The van der Waals surface area contributed by atoms with Crippen LogP contribution in [0.4, 0.5) is 4.79 Å². The lowest BCUT2D eigenvalue weighted by molar-refractivity contribution is -0.160. The summed E-state index contributed by atoms with van der Waals surface area (Å²) in [7, 11) is -4.58. The summed E-state index contributed by atoms with van der Waals surface area (Å²) in [5, 5.41) is 0. The van der Waals surface area contributed by atoms with Crippen LogP contribution in [-0.2, 0) is 37.4 Å². The molecule has 9 nitrogen and oxygen atoms in total. The van der Waals surface area contributed by atoms with Crippen LogP contribution in [-0.4, -0.2) is 37.3 Å². The van der Waals surface area contributed by atoms with E-state index in [4.69, 9.17) is 23.3 Å². The van der Waals surface area contributed by atoms with E-state index < -0.39 is 55.8 Å². The molecular weight excluding hydrogens is 403 g/mol. The Morgan fingerprint density at radius 2 is 1.62 bits per heavy atom. The zero-order valence-electron chi connectivity index (χ0n) is 17.6. The number of carbonyl (C=O) groups excluding carboxylic acids is 3. The molecule has 0 bridgehead atoms. The van der Waals surface area contributed by atoms with Crippen molar-refractivity contribution in [1.82, 2.24) is 0 Å². The summed E-state index contributed by atoms with van der Waals surface area (Å²) in [5.41, 5.74) is -2.66. The number of hydrogen-bond donors (Lipinski definition) is 0. The van der Waals surface area contributed by atoms with Gasteiger partial charge in [0.25, 0.3) is 0 Å². The Morgan fingerprint density at radius 1 is 1.03 bits per heavy atom. The first-order chi connectivity index (χ1) is 13.3. The van der Waals surface area contributed by atoms with Gasteiger partial charge in [0.1, 0.15) is 6.10 Å². The monoisotopic (exact) mass is 432 g/mol. The first-order valence-electron chi connectivity index (χ1n) is 9.11. The van der Waals surface area contributed by atoms with Crippen molar-refractivity contribution in [2.24, 2.45) is 10.8 Å². The van der Waals surface area contributed by atoms with E-state index in [9.17, 15) is 18.9 Å². The molecule has 0 aliphatic heterocycles. The van der Waals surface area contributed by atoms with Crippen LogP contribution in [0.5, 0.6) is 0 Å². The van der Waals surface area contributed by atoms with E-state index in [0.29, 0.717) is 0 Å². The predicted molar refractivity (Wildman–Crippen MR) is 104 cm³/mol. The minimum Gasteiger partial charge on any atom is -0.448 e. The maximum absolute atomic E-state index is 13.0. The Labute approximate surface area is 170 Å². The molecular formula is C19H29O9P. The molecule has 0 fully saturated rings. The van der Waals surface area contributed by atoms with Gasteiger partial charge in [-0.25, -0.2) is 9.36 Å². The Kier molecular flexibility index (Phi) is 8.81. The van der Waals surface area contributed by atoms with Crippen molar-refractivity contribution in [1.29, 1.82) is 0 Å². The minimum atomic E-state index is -4.58. The molecule has 0 radical (unpaired) electrons. The first kappa shape index (κ1) is 25.1. The van der Waals surface area contributed by atoms with Gasteiger partial charge in [-0.1, -0.05) is 39.0 Å². The van der Waals surface area contributed by atoms with Crippen LogP contribution in [0.2, 0.25) is 0 Å².